The maximum atomic E-state index is 13.9. The Kier molecular flexibility index (Phi) is 8.33. The smallest absolute Gasteiger partial charge is 0.263 e. The lowest BCUT2D eigenvalue weighted by Gasteiger charge is -2.19. The number of aromatic nitrogens is 2. The predicted molar refractivity (Wildman–Crippen MR) is 130 cm³/mol. The highest BCUT2D eigenvalue weighted by Gasteiger charge is 2.24. The van der Waals surface area contributed by atoms with Gasteiger partial charge in [-0.1, -0.05) is 32.9 Å². The van der Waals surface area contributed by atoms with Gasteiger partial charge in [0.25, 0.3) is 15.9 Å². The van der Waals surface area contributed by atoms with Crippen LogP contribution < -0.4 is 18.9 Å². The summed E-state index contributed by atoms with van der Waals surface area (Å²) >= 11 is 0. The van der Waals surface area contributed by atoms with Crippen LogP contribution in [-0.4, -0.2) is 55.0 Å². The fourth-order valence-corrected chi connectivity index (χ4v) is 4.03. The first-order valence-electron chi connectivity index (χ1n) is 10.9. The molecule has 10 nitrogen and oxygen atoms in total. The van der Waals surface area contributed by atoms with Crippen LogP contribution in [0.4, 0.5) is 10.2 Å². The van der Waals surface area contributed by atoms with Crippen molar-refractivity contribution < 1.29 is 37.2 Å². The van der Waals surface area contributed by atoms with Crippen LogP contribution >= 0.6 is 0 Å². The second kappa shape index (κ2) is 11.1. The number of aliphatic hydroxyl groups excluding tert-OH is 2. The van der Waals surface area contributed by atoms with Crippen LogP contribution in [0.5, 0.6) is 23.1 Å². The Morgan fingerprint density at radius 1 is 1.08 bits per heavy atom. The van der Waals surface area contributed by atoms with Gasteiger partial charge in [0.05, 0.1) is 18.6 Å². The van der Waals surface area contributed by atoms with E-state index >= 15 is 0 Å². The molecule has 0 radical (unpaired) electrons. The number of hydrogen-bond donors (Lipinski definition) is 3. The van der Waals surface area contributed by atoms with Crippen molar-refractivity contribution in [3.8, 4) is 23.1 Å². The normalized spacial score (nSPS) is 12.6. The van der Waals surface area contributed by atoms with E-state index in [9.17, 15) is 17.9 Å². The molecule has 0 aliphatic heterocycles. The van der Waals surface area contributed by atoms with Gasteiger partial charge in [-0.15, -0.1) is 0 Å². The summed E-state index contributed by atoms with van der Waals surface area (Å²) in [7, 11) is -2.79. The molecule has 0 aliphatic carbocycles. The molecule has 0 bridgehead atoms. The summed E-state index contributed by atoms with van der Waals surface area (Å²) in [6.07, 6.45) is -0.213. The molecule has 3 rings (SSSR count). The SMILES string of the molecule is COc1ccc(F)cc1Oc1c(NS(=O)(=O)c2ccc(C(C)(C)C)cc2)ncnc1OC[C@H](O)CO. The first kappa shape index (κ1) is 27.1. The van der Waals surface area contributed by atoms with Crippen LogP contribution in [0.25, 0.3) is 0 Å². The molecule has 194 valence electrons. The largest absolute Gasteiger partial charge is 0.493 e. The lowest BCUT2D eigenvalue weighted by Crippen LogP contribution is -2.22. The monoisotopic (exact) mass is 521 g/mol. The van der Waals surface area contributed by atoms with Crippen molar-refractivity contribution in [3.63, 3.8) is 0 Å². The number of aliphatic hydroxyl groups is 2. The van der Waals surface area contributed by atoms with Crippen LogP contribution in [-0.2, 0) is 15.4 Å². The Bertz CT molecular complexity index is 1300. The molecule has 1 heterocycles. The van der Waals surface area contributed by atoms with Crippen molar-refractivity contribution in [2.75, 3.05) is 25.0 Å². The summed E-state index contributed by atoms with van der Waals surface area (Å²) < 4.78 is 58.9. The summed E-state index contributed by atoms with van der Waals surface area (Å²) in [6, 6.07) is 9.88. The number of nitrogens with zero attached hydrogens (tertiary/aromatic N) is 2. The predicted octanol–water partition coefficient (Wildman–Crippen LogP) is 3.25. The number of sulfonamides is 1. The number of hydrogen-bond acceptors (Lipinski definition) is 9. The number of ether oxygens (including phenoxy) is 3. The van der Waals surface area contributed by atoms with Crippen molar-refractivity contribution in [1.82, 2.24) is 9.97 Å². The van der Waals surface area contributed by atoms with E-state index in [0.717, 1.165) is 24.0 Å². The highest BCUT2D eigenvalue weighted by Crippen LogP contribution is 2.40. The van der Waals surface area contributed by atoms with Crippen molar-refractivity contribution >= 4 is 15.8 Å². The Balaban J connectivity index is 2.02. The fraction of sp³-hybridized carbons (Fsp3) is 0.333. The van der Waals surface area contributed by atoms with Crippen LogP contribution in [0.3, 0.4) is 0 Å². The van der Waals surface area contributed by atoms with Gasteiger partial charge in [-0.05, 0) is 35.2 Å². The minimum Gasteiger partial charge on any atom is -0.493 e. The van der Waals surface area contributed by atoms with Gasteiger partial charge in [0.2, 0.25) is 5.75 Å². The molecular weight excluding hydrogens is 493 g/mol. The lowest BCUT2D eigenvalue weighted by atomic mass is 9.87. The van der Waals surface area contributed by atoms with E-state index in [2.05, 4.69) is 14.7 Å². The summed E-state index contributed by atoms with van der Waals surface area (Å²) in [5.74, 6) is -1.46. The van der Waals surface area contributed by atoms with E-state index in [0.29, 0.717) is 0 Å². The van der Waals surface area contributed by atoms with Crippen LogP contribution in [0.1, 0.15) is 26.3 Å². The molecule has 3 N–H and O–H groups in total. The summed E-state index contributed by atoms with van der Waals surface area (Å²) in [5.41, 5.74) is 0.780. The van der Waals surface area contributed by atoms with Crippen LogP contribution in [0, 0.1) is 5.82 Å². The number of rotatable bonds is 10. The van der Waals surface area contributed by atoms with Gasteiger partial charge < -0.3 is 24.4 Å². The number of anilines is 1. The van der Waals surface area contributed by atoms with E-state index in [4.69, 9.17) is 19.3 Å². The molecule has 1 atom stereocenters. The number of methoxy groups -OCH3 is 1. The summed E-state index contributed by atoms with van der Waals surface area (Å²) in [4.78, 5) is 7.89. The molecule has 0 amide bonds. The van der Waals surface area contributed by atoms with E-state index < -0.39 is 28.6 Å². The third-order valence-electron chi connectivity index (χ3n) is 4.99. The van der Waals surface area contributed by atoms with E-state index in [1.807, 2.05) is 20.8 Å². The first-order chi connectivity index (χ1) is 16.9. The Morgan fingerprint density at radius 2 is 1.78 bits per heavy atom. The molecule has 0 saturated heterocycles. The maximum Gasteiger partial charge on any atom is 0.263 e. The Hall–Kier alpha value is -3.48. The second-order valence-electron chi connectivity index (χ2n) is 8.78. The van der Waals surface area contributed by atoms with E-state index in [1.165, 1.54) is 25.3 Å². The molecule has 0 aliphatic rings. The van der Waals surface area contributed by atoms with Crippen LogP contribution in [0.15, 0.2) is 53.7 Å². The highest BCUT2D eigenvalue weighted by molar-refractivity contribution is 7.92. The minimum atomic E-state index is -4.14. The zero-order valence-electron chi connectivity index (χ0n) is 20.2. The Morgan fingerprint density at radius 3 is 2.39 bits per heavy atom. The van der Waals surface area contributed by atoms with Gasteiger partial charge in [-0.25, -0.2) is 17.8 Å². The van der Waals surface area contributed by atoms with Gasteiger partial charge in [-0.2, -0.15) is 4.98 Å². The van der Waals surface area contributed by atoms with Gasteiger partial charge in [0, 0.05) is 6.07 Å². The highest BCUT2D eigenvalue weighted by atomic mass is 32.2. The minimum absolute atomic E-state index is 0.0263. The molecular formula is C24H28FN3O7S. The third-order valence-corrected chi connectivity index (χ3v) is 6.35. The second-order valence-corrected chi connectivity index (χ2v) is 10.5. The molecule has 0 spiro atoms. The van der Waals surface area contributed by atoms with Crippen molar-refractivity contribution in [2.24, 2.45) is 0 Å². The first-order valence-corrected chi connectivity index (χ1v) is 12.3. The number of nitrogens with one attached hydrogen (secondary N) is 1. The molecule has 0 saturated carbocycles. The average molecular weight is 522 g/mol. The average Bonchev–Trinajstić information content (AvgIpc) is 2.83. The third kappa shape index (κ3) is 6.59. The van der Waals surface area contributed by atoms with Crippen molar-refractivity contribution in [3.05, 3.63) is 60.2 Å². The van der Waals surface area contributed by atoms with E-state index in [-0.39, 0.29) is 45.9 Å². The Labute approximate surface area is 208 Å². The maximum absolute atomic E-state index is 13.9. The number of halogens is 1. The molecule has 2 aromatic carbocycles. The zero-order chi connectivity index (χ0) is 26.5. The summed E-state index contributed by atoms with van der Waals surface area (Å²) in [5, 5.41) is 18.7. The summed E-state index contributed by atoms with van der Waals surface area (Å²) in [6.45, 7) is 5.06. The van der Waals surface area contributed by atoms with Crippen molar-refractivity contribution in [2.45, 2.75) is 37.2 Å². The molecule has 1 aromatic heterocycles. The molecule has 0 fully saturated rings. The molecule has 36 heavy (non-hydrogen) atoms. The quantitative estimate of drug-likeness (QED) is 0.367. The van der Waals surface area contributed by atoms with Gasteiger partial charge in [-0.3, -0.25) is 4.72 Å². The molecule has 12 heteroatoms. The standard InChI is InChI=1S/C24H28FN3O7S/c1-24(2,3)15-5-8-18(9-6-15)36(31,32)28-22-21(23(27-14-26-22)34-13-17(30)12-29)35-20-11-16(25)7-10-19(20)33-4/h5-11,14,17,29-30H,12-13H2,1-4H3,(H,26,27,28)/t17-/m1/s1. The molecule has 0 unspecified atom stereocenters. The van der Waals surface area contributed by atoms with Gasteiger partial charge in [0.1, 0.15) is 24.9 Å². The molecule has 3 aromatic rings. The number of benzene rings is 2. The fourth-order valence-electron chi connectivity index (χ4n) is 3.01. The topological polar surface area (TPSA) is 140 Å². The van der Waals surface area contributed by atoms with Crippen molar-refractivity contribution in [1.29, 1.82) is 0 Å². The zero-order valence-corrected chi connectivity index (χ0v) is 21.0. The van der Waals surface area contributed by atoms with Gasteiger partial charge >= 0.3 is 0 Å². The lowest BCUT2D eigenvalue weighted by molar-refractivity contribution is 0.0513. The van der Waals surface area contributed by atoms with Gasteiger partial charge in [0.15, 0.2) is 17.3 Å². The van der Waals surface area contributed by atoms with E-state index in [1.54, 1.807) is 12.1 Å². The van der Waals surface area contributed by atoms with Crippen LogP contribution in [0.2, 0.25) is 0 Å².